The SMILES string of the molecule is COc1cc(C(N)Cc2cccc(Cl)c2)c(OC)cc1Br. The maximum Gasteiger partial charge on any atom is 0.133 e. The fourth-order valence-corrected chi connectivity index (χ4v) is 2.90. The molecule has 2 aromatic rings. The molecule has 0 spiro atoms. The summed E-state index contributed by atoms with van der Waals surface area (Å²) < 4.78 is 11.6. The summed E-state index contributed by atoms with van der Waals surface area (Å²) in [5, 5.41) is 0.708. The molecule has 21 heavy (non-hydrogen) atoms. The van der Waals surface area contributed by atoms with Crippen LogP contribution in [0, 0.1) is 0 Å². The molecule has 0 radical (unpaired) electrons. The Hall–Kier alpha value is -1.23. The minimum Gasteiger partial charge on any atom is -0.496 e. The standard InChI is InChI=1S/C16H17BrClNO2/c1-20-15-9-13(17)16(21-2)8-12(15)14(19)7-10-4-3-5-11(18)6-10/h3-6,8-9,14H,7,19H2,1-2H3. The van der Waals surface area contributed by atoms with Crippen LogP contribution in [0.15, 0.2) is 40.9 Å². The van der Waals surface area contributed by atoms with Crippen molar-refractivity contribution in [1.29, 1.82) is 0 Å². The van der Waals surface area contributed by atoms with Crippen LogP contribution in [-0.4, -0.2) is 14.2 Å². The zero-order chi connectivity index (χ0) is 15.4. The Kier molecular flexibility index (Phi) is 5.51. The molecule has 1 atom stereocenters. The molecule has 0 aliphatic carbocycles. The minimum atomic E-state index is -0.208. The van der Waals surface area contributed by atoms with Crippen LogP contribution in [0.25, 0.3) is 0 Å². The first-order chi connectivity index (χ1) is 10.0. The Morgan fingerprint density at radius 3 is 2.48 bits per heavy atom. The molecule has 0 saturated carbocycles. The molecule has 0 heterocycles. The second-order valence-corrected chi connectivity index (χ2v) is 5.96. The van der Waals surface area contributed by atoms with Crippen LogP contribution >= 0.6 is 27.5 Å². The molecule has 112 valence electrons. The monoisotopic (exact) mass is 369 g/mol. The van der Waals surface area contributed by atoms with E-state index < -0.39 is 0 Å². The first-order valence-electron chi connectivity index (χ1n) is 6.46. The third kappa shape index (κ3) is 3.90. The highest BCUT2D eigenvalue weighted by atomic mass is 79.9. The molecule has 2 N–H and O–H groups in total. The van der Waals surface area contributed by atoms with Gasteiger partial charge >= 0.3 is 0 Å². The summed E-state index contributed by atoms with van der Waals surface area (Å²) in [7, 11) is 3.25. The predicted octanol–water partition coefficient (Wildman–Crippen LogP) is 4.36. The summed E-state index contributed by atoms with van der Waals surface area (Å²) in [5.41, 5.74) is 8.32. The summed E-state index contributed by atoms with van der Waals surface area (Å²) in [6.07, 6.45) is 0.668. The molecule has 1 unspecified atom stereocenters. The Morgan fingerprint density at radius 2 is 1.86 bits per heavy atom. The maximum atomic E-state index is 6.33. The summed E-state index contributed by atoms with van der Waals surface area (Å²) >= 11 is 9.45. The summed E-state index contributed by atoms with van der Waals surface area (Å²) in [4.78, 5) is 0. The van der Waals surface area contributed by atoms with Crippen LogP contribution in [0.2, 0.25) is 5.02 Å². The van der Waals surface area contributed by atoms with Gasteiger partial charge in [-0.2, -0.15) is 0 Å². The topological polar surface area (TPSA) is 44.5 Å². The maximum absolute atomic E-state index is 6.33. The number of halogens is 2. The molecule has 3 nitrogen and oxygen atoms in total. The molecular formula is C16H17BrClNO2. The van der Waals surface area contributed by atoms with Gasteiger partial charge in [0, 0.05) is 16.6 Å². The van der Waals surface area contributed by atoms with Gasteiger partial charge in [0.25, 0.3) is 0 Å². The molecule has 0 fully saturated rings. The van der Waals surface area contributed by atoms with Crippen LogP contribution in [0.4, 0.5) is 0 Å². The van der Waals surface area contributed by atoms with Gasteiger partial charge in [-0.25, -0.2) is 0 Å². The predicted molar refractivity (Wildman–Crippen MR) is 89.3 cm³/mol. The Bertz CT molecular complexity index is 634. The third-order valence-electron chi connectivity index (χ3n) is 3.25. The van der Waals surface area contributed by atoms with Crippen molar-refractivity contribution in [2.24, 2.45) is 5.73 Å². The second kappa shape index (κ2) is 7.16. The van der Waals surface area contributed by atoms with Crippen LogP contribution in [0.3, 0.4) is 0 Å². The fourth-order valence-electron chi connectivity index (χ4n) is 2.20. The van der Waals surface area contributed by atoms with Gasteiger partial charge in [0.15, 0.2) is 0 Å². The van der Waals surface area contributed by atoms with Crippen LogP contribution < -0.4 is 15.2 Å². The number of rotatable bonds is 5. The Morgan fingerprint density at radius 1 is 1.14 bits per heavy atom. The van der Waals surface area contributed by atoms with E-state index in [1.165, 1.54) is 0 Å². The van der Waals surface area contributed by atoms with Crippen molar-refractivity contribution in [1.82, 2.24) is 0 Å². The zero-order valence-corrected chi connectivity index (χ0v) is 14.2. The van der Waals surface area contributed by atoms with Crippen molar-refractivity contribution in [3.8, 4) is 11.5 Å². The van der Waals surface area contributed by atoms with Gasteiger partial charge in [-0.05, 0) is 52.2 Å². The van der Waals surface area contributed by atoms with E-state index in [1.54, 1.807) is 14.2 Å². The van der Waals surface area contributed by atoms with Gasteiger partial charge in [-0.3, -0.25) is 0 Å². The highest BCUT2D eigenvalue weighted by Gasteiger charge is 2.16. The quantitative estimate of drug-likeness (QED) is 0.850. The lowest BCUT2D eigenvalue weighted by Gasteiger charge is -2.18. The average molecular weight is 371 g/mol. The Labute approximate surface area is 138 Å². The lowest BCUT2D eigenvalue weighted by molar-refractivity contribution is 0.393. The highest BCUT2D eigenvalue weighted by Crippen LogP contribution is 2.36. The number of hydrogen-bond acceptors (Lipinski definition) is 3. The average Bonchev–Trinajstić information content (AvgIpc) is 2.46. The first-order valence-corrected chi connectivity index (χ1v) is 7.63. The van der Waals surface area contributed by atoms with E-state index in [-0.39, 0.29) is 6.04 Å². The summed E-state index contributed by atoms with van der Waals surface area (Å²) in [6, 6.07) is 11.3. The van der Waals surface area contributed by atoms with E-state index in [2.05, 4.69) is 15.9 Å². The molecule has 5 heteroatoms. The molecule has 0 saturated heterocycles. The molecule has 0 bridgehead atoms. The molecule has 2 rings (SSSR count). The first kappa shape index (κ1) is 16.1. The number of methoxy groups -OCH3 is 2. The minimum absolute atomic E-state index is 0.208. The third-order valence-corrected chi connectivity index (χ3v) is 4.10. The van der Waals surface area contributed by atoms with Crippen LogP contribution in [-0.2, 0) is 6.42 Å². The van der Waals surface area contributed by atoms with E-state index in [9.17, 15) is 0 Å². The Balaban J connectivity index is 2.31. The number of nitrogens with two attached hydrogens (primary N) is 1. The molecular weight excluding hydrogens is 354 g/mol. The van der Waals surface area contributed by atoms with E-state index in [0.717, 1.165) is 27.1 Å². The largest absolute Gasteiger partial charge is 0.496 e. The molecule has 2 aromatic carbocycles. The van der Waals surface area contributed by atoms with Crippen molar-refractivity contribution < 1.29 is 9.47 Å². The van der Waals surface area contributed by atoms with Gasteiger partial charge in [0.1, 0.15) is 11.5 Å². The summed E-state index contributed by atoms with van der Waals surface area (Å²) in [6.45, 7) is 0. The highest BCUT2D eigenvalue weighted by molar-refractivity contribution is 9.10. The lowest BCUT2D eigenvalue weighted by Crippen LogP contribution is -2.14. The van der Waals surface area contributed by atoms with Crippen molar-refractivity contribution in [3.05, 3.63) is 57.0 Å². The lowest BCUT2D eigenvalue weighted by atomic mass is 9.98. The zero-order valence-electron chi connectivity index (χ0n) is 11.9. The van der Waals surface area contributed by atoms with Crippen LogP contribution in [0.5, 0.6) is 11.5 Å². The van der Waals surface area contributed by atoms with Crippen molar-refractivity contribution >= 4 is 27.5 Å². The molecule has 0 aromatic heterocycles. The van der Waals surface area contributed by atoms with Crippen molar-refractivity contribution in [3.63, 3.8) is 0 Å². The van der Waals surface area contributed by atoms with Crippen molar-refractivity contribution in [2.75, 3.05) is 14.2 Å². The number of ether oxygens (including phenoxy) is 2. The molecule has 0 aliphatic rings. The van der Waals surface area contributed by atoms with Gasteiger partial charge in [-0.1, -0.05) is 23.7 Å². The fraction of sp³-hybridized carbons (Fsp3) is 0.250. The van der Waals surface area contributed by atoms with Gasteiger partial charge in [-0.15, -0.1) is 0 Å². The van der Waals surface area contributed by atoms with Gasteiger partial charge in [0.05, 0.1) is 18.7 Å². The summed E-state index contributed by atoms with van der Waals surface area (Å²) in [5.74, 6) is 1.46. The number of benzene rings is 2. The number of hydrogen-bond donors (Lipinski definition) is 1. The van der Waals surface area contributed by atoms with Crippen molar-refractivity contribution in [2.45, 2.75) is 12.5 Å². The van der Waals surface area contributed by atoms with E-state index in [4.69, 9.17) is 26.8 Å². The van der Waals surface area contributed by atoms with Gasteiger partial charge in [0.2, 0.25) is 0 Å². The smallest absolute Gasteiger partial charge is 0.133 e. The van der Waals surface area contributed by atoms with E-state index >= 15 is 0 Å². The van der Waals surface area contributed by atoms with E-state index in [0.29, 0.717) is 11.4 Å². The normalized spacial score (nSPS) is 12.0. The van der Waals surface area contributed by atoms with Crippen LogP contribution in [0.1, 0.15) is 17.2 Å². The van der Waals surface area contributed by atoms with E-state index in [1.807, 2.05) is 36.4 Å². The van der Waals surface area contributed by atoms with Gasteiger partial charge < -0.3 is 15.2 Å². The molecule has 0 aliphatic heterocycles. The second-order valence-electron chi connectivity index (χ2n) is 4.67. The molecule has 0 amide bonds.